The molecule has 0 fully saturated rings. The maximum atomic E-state index is 13.1. The first kappa shape index (κ1) is 28.2. The molecule has 2 atom stereocenters. The highest BCUT2D eigenvalue weighted by atomic mass is 16.5. The Morgan fingerprint density at radius 3 is 1.79 bits per heavy atom. The third-order valence-corrected chi connectivity index (χ3v) is 7.00. The van der Waals surface area contributed by atoms with Crippen LogP contribution >= 0.6 is 0 Å². The molecule has 0 radical (unpaired) electrons. The summed E-state index contributed by atoms with van der Waals surface area (Å²) >= 11 is 0. The molecular weight excluding hydrogens is 368 g/mol. The molecule has 172 valence electrons. The first-order valence-corrected chi connectivity index (χ1v) is 11.6. The third-order valence-electron chi connectivity index (χ3n) is 7.00. The molecule has 0 aliphatic rings. The summed E-state index contributed by atoms with van der Waals surface area (Å²) < 4.78 is 6.34. The smallest absolute Gasteiger partial charge is 0.164 e. The van der Waals surface area contributed by atoms with Crippen LogP contribution < -0.4 is 0 Å². The van der Waals surface area contributed by atoms with Crippen molar-refractivity contribution in [2.75, 3.05) is 13.2 Å². The zero-order valence-electron chi connectivity index (χ0n) is 19.8. The molecule has 0 heterocycles. The predicted molar refractivity (Wildman–Crippen MR) is 118 cm³/mol. The number of unbranched alkanes of at least 4 members (excludes halogenated alkanes) is 3. The number of carbonyl (C=O) groups is 2. The first-order chi connectivity index (χ1) is 13.6. The van der Waals surface area contributed by atoms with Gasteiger partial charge in [-0.1, -0.05) is 34.1 Å². The molecule has 0 saturated carbocycles. The fourth-order valence-electron chi connectivity index (χ4n) is 4.23. The predicted octanol–water partition coefficient (Wildman–Crippen LogP) is 5.00. The Bertz CT molecular complexity index is 482. The van der Waals surface area contributed by atoms with Gasteiger partial charge in [0.15, 0.2) is 5.78 Å². The minimum Gasteiger partial charge on any atom is -0.396 e. The number of aliphatic hydroxyl groups excluding tert-OH is 1. The monoisotopic (exact) mass is 414 g/mol. The van der Waals surface area contributed by atoms with E-state index in [0.29, 0.717) is 38.7 Å². The number of hydrogen-bond acceptors (Lipinski definition) is 5. The van der Waals surface area contributed by atoms with E-state index in [1.807, 2.05) is 6.92 Å². The molecule has 0 saturated heterocycles. The molecule has 0 bridgehead atoms. The summed E-state index contributed by atoms with van der Waals surface area (Å²) in [6.45, 7) is 12.4. The number of aliphatic hydroxyl groups is 2. The van der Waals surface area contributed by atoms with Crippen LogP contribution in [0.5, 0.6) is 0 Å². The van der Waals surface area contributed by atoms with E-state index in [9.17, 15) is 14.7 Å². The van der Waals surface area contributed by atoms with E-state index >= 15 is 0 Å². The van der Waals surface area contributed by atoms with Gasteiger partial charge in [-0.15, -0.1) is 0 Å². The van der Waals surface area contributed by atoms with E-state index in [0.717, 1.165) is 38.5 Å². The Hall–Kier alpha value is -0.780. The molecule has 0 aromatic heterocycles. The van der Waals surface area contributed by atoms with Gasteiger partial charge < -0.3 is 14.9 Å². The van der Waals surface area contributed by atoms with Crippen molar-refractivity contribution in [3.63, 3.8) is 0 Å². The highest BCUT2D eigenvalue weighted by Crippen LogP contribution is 2.45. The van der Waals surface area contributed by atoms with Crippen molar-refractivity contribution in [3.8, 4) is 0 Å². The lowest BCUT2D eigenvalue weighted by molar-refractivity contribution is -0.162. The van der Waals surface area contributed by atoms with Crippen molar-refractivity contribution in [1.29, 1.82) is 0 Å². The highest BCUT2D eigenvalue weighted by molar-refractivity contribution is 5.86. The van der Waals surface area contributed by atoms with E-state index in [1.165, 1.54) is 0 Å². The molecule has 2 unspecified atom stereocenters. The molecule has 0 aromatic carbocycles. The fraction of sp³-hybridized carbons (Fsp3) is 0.917. The molecular formula is C24H46O5. The molecule has 0 aliphatic heterocycles. The lowest BCUT2D eigenvalue weighted by atomic mass is 9.64. The Kier molecular flexibility index (Phi) is 13.1. The van der Waals surface area contributed by atoms with Crippen LogP contribution in [0.15, 0.2) is 0 Å². The first-order valence-electron chi connectivity index (χ1n) is 11.6. The molecule has 0 rings (SSSR count). The summed E-state index contributed by atoms with van der Waals surface area (Å²) in [5.74, 6) is 0.150. The average Bonchev–Trinajstić information content (AvgIpc) is 2.71. The number of carbonyl (C=O) groups excluding carboxylic acids is 2. The SMILES string of the molecule is CCC(C)(O)C(=O)CCCCCOC(C)(CC)C(CC)(CC)C(=O)CCCCO. The van der Waals surface area contributed by atoms with Crippen molar-refractivity contribution in [1.82, 2.24) is 0 Å². The van der Waals surface area contributed by atoms with Crippen molar-refractivity contribution < 1.29 is 24.5 Å². The Balaban J connectivity index is 4.76. The molecule has 5 heteroatoms. The van der Waals surface area contributed by atoms with Gasteiger partial charge in [0.1, 0.15) is 11.4 Å². The van der Waals surface area contributed by atoms with Crippen LogP contribution in [0.4, 0.5) is 0 Å². The number of Topliss-reactive ketones (excluding diaryl/α,β-unsaturated/α-hetero) is 2. The quantitative estimate of drug-likeness (QED) is 0.308. The van der Waals surface area contributed by atoms with Crippen LogP contribution in [0.25, 0.3) is 0 Å². The Morgan fingerprint density at radius 1 is 0.759 bits per heavy atom. The number of ketones is 2. The van der Waals surface area contributed by atoms with Crippen LogP contribution in [0.1, 0.15) is 112 Å². The van der Waals surface area contributed by atoms with Gasteiger partial charge in [-0.3, -0.25) is 9.59 Å². The normalized spacial score (nSPS) is 16.3. The third kappa shape index (κ3) is 7.76. The van der Waals surface area contributed by atoms with E-state index in [2.05, 4.69) is 27.7 Å². The van der Waals surface area contributed by atoms with E-state index in [-0.39, 0.29) is 18.2 Å². The molecule has 5 nitrogen and oxygen atoms in total. The molecule has 0 amide bonds. The summed E-state index contributed by atoms with van der Waals surface area (Å²) in [5, 5.41) is 19.0. The van der Waals surface area contributed by atoms with Gasteiger partial charge in [0, 0.05) is 26.1 Å². The van der Waals surface area contributed by atoms with Crippen LogP contribution in [0.3, 0.4) is 0 Å². The van der Waals surface area contributed by atoms with E-state index < -0.39 is 16.6 Å². The second-order valence-corrected chi connectivity index (χ2v) is 8.69. The summed E-state index contributed by atoms with van der Waals surface area (Å²) in [6.07, 6.45) is 7.37. The number of hydrogen-bond donors (Lipinski definition) is 2. The van der Waals surface area contributed by atoms with Crippen molar-refractivity contribution in [2.45, 2.75) is 123 Å². The van der Waals surface area contributed by atoms with Gasteiger partial charge in [0.2, 0.25) is 0 Å². The van der Waals surface area contributed by atoms with Gasteiger partial charge in [-0.25, -0.2) is 0 Å². The molecule has 2 N–H and O–H groups in total. The largest absolute Gasteiger partial charge is 0.396 e. The molecule has 0 spiro atoms. The molecule has 0 aliphatic carbocycles. The summed E-state index contributed by atoms with van der Waals surface area (Å²) in [7, 11) is 0. The zero-order valence-corrected chi connectivity index (χ0v) is 19.8. The summed E-state index contributed by atoms with van der Waals surface area (Å²) in [5.41, 5.74) is -2.24. The van der Waals surface area contributed by atoms with Gasteiger partial charge in [0.25, 0.3) is 0 Å². The van der Waals surface area contributed by atoms with Crippen LogP contribution in [-0.2, 0) is 14.3 Å². The topological polar surface area (TPSA) is 83.8 Å². The van der Waals surface area contributed by atoms with Gasteiger partial charge >= 0.3 is 0 Å². The second kappa shape index (κ2) is 13.5. The molecule has 0 aromatic rings. The fourth-order valence-corrected chi connectivity index (χ4v) is 4.23. The zero-order chi connectivity index (χ0) is 22.6. The van der Waals surface area contributed by atoms with Gasteiger partial charge in [0.05, 0.1) is 11.0 Å². The van der Waals surface area contributed by atoms with E-state index in [4.69, 9.17) is 9.84 Å². The molecule has 29 heavy (non-hydrogen) atoms. The van der Waals surface area contributed by atoms with Gasteiger partial charge in [-0.05, 0) is 65.2 Å². The number of rotatable bonds is 18. The van der Waals surface area contributed by atoms with Gasteiger partial charge in [-0.2, -0.15) is 0 Å². The minimum atomic E-state index is -1.21. The maximum Gasteiger partial charge on any atom is 0.164 e. The summed E-state index contributed by atoms with van der Waals surface area (Å²) in [4.78, 5) is 25.1. The standard InChI is InChI=1S/C24H46O5/c1-7-22(5,28)20(26)16-12-11-15-19-29-23(6,8-2)24(9-3,10-4)21(27)17-13-14-18-25/h25,28H,7-19H2,1-6H3. The van der Waals surface area contributed by atoms with Crippen molar-refractivity contribution in [2.24, 2.45) is 5.41 Å². The lowest BCUT2D eigenvalue weighted by Crippen LogP contribution is -2.52. The average molecular weight is 415 g/mol. The Labute approximate surface area is 178 Å². The maximum absolute atomic E-state index is 13.1. The summed E-state index contributed by atoms with van der Waals surface area (Å²) in [6, 6.07) is 0. The van der Waals surface area contributed by atoms with E-state index in [1.54, 1.807) is 6.92 Å². The minimum absolute atomic E-state index is 0.0937. The van der Waals surface area contributed by atoms with Crippen LogP contribution in [-0.4, -0.2) is 46.2 Å². The van der Waals surface area contributed by atoms with Crippen LogP contribution in [0, 0.1) is 5.41 Å². The number of ether oxygens (including phenoxy) is 1. The Morgan fingerprint density at radius 2 is 1.31 bits per heavy atom. The van der Waals surface area contributed by atoms with Crippen molar-refractivity contribution in [3.05, 3.63) is 0 Å². The second-order valence-electron chi connectivity index (χ2n) is 8.69. The lowest BCUT2D eigenvalue weighted by Gasteiger charge is -2.46. The van der Waals surface area contributed by atoms with Crippen LogP contribution in [0.2, 0.25) is 0 Å². The highest BCUT2D eigenvalue weighted by Gasteiger charge is 2.50. The van der Waals surface area contributed by atoms with Crippen molar-refractivity contribution >= 4 is 11.6 Å².